The minimum absolute atomic E-state index is 0.0827. The lowest BCUT2D eigenvalue weighted by Crippen LogP contribution is -2.60. The quantitative estimate of drug-likeness (QED) is 0.403. The van der Waals surface area contributed by atoms with E-state index in [-0.39, 0.29) is 24.4 Å². The number of alkyl halides is 2. The minimum Gasteiger partial charge on any atom is -0.466 e. The second kappa shape index (κ2) is 9.34. The molecule has 8 nitrogen and oxygen atoms in total. The number of nitrogens with zero attached hydrogens (tertiary/aromatic N) is 1. The van der Waals surface area contributed by atoms with Gasteiger partial charge in [-0.05, 0) is 17.7 Å². The summed E-state index contributed by atoms with van der Waals surface area (Å²) in [4.78, 5) is 38.9. The van der Waals surface area contributed by atoms with Gasteiger partial charge in [0, 0.05) is 12.1 Å². The topological polar surface area (TPSA) is 94.2 Å². The summed E-state index contributed by atoms with van der Waals surface area (Å²) in [6.45, 7) is 2.56. The number of carbonyl (C=O) groups is 3. The van der Waals surface area contributed by atoms with Crippen LogP contribution < -0.4 is 10.1 Å². The highest BCUT2D eigenvalue weighted by Gasteiger charge is 2.45. The number of alkyl carbamates (subject to hydrolysis) is 1. The Hall–Kier alpha value is -3.13. The number of hydrogen-bond acceptors (Lipinski definition) is 6. The van der Waals surface area contributed by atoms with Crippen molar-refractivity contribution in [2.24, 2.45) is 0 Å². The molecule has 168 valence electrons. The molecule has 1 aliphatic heterocycles. The number of rotatable bonds is 6. The van der Waals surface area contributed by atoms with E-state index in [0.717, 1.165) is 14.2 Å². The Kier molecular flexibility index (Phi) is 7.27. The Bertz CT molecular complexity index is 938. The summed E-state index contributed by atoms with van der Waals surface area (Å²) >= 11 is 0. The van der Waals surface area contributed by atoms with Crippen molar-refractivity contribution in [3.63, 3.8) is 0 Å². The van der Waals surface area contributed by atoms with Gasteiger partial charge in [0.2, 0.25) is 5.54 Å². The average Bonchev–Trinajstić information content (AvgIpc) is 2.99. The fourth-order valence-electron chi connectivity index (χ4n) is 2.90. The molecule has 11 heteroatoms. The van der Waals surface area contributed by atoms with E-state index in [1.165, 1.54) is 23.1 Å². The molecule has 0 saturated heterocycles. The molecule has 0 spiro atoms. The molecule has 0 aliphatic carbocycles. The number of benzene rings is 1. The van der Waals surface area contributed by atoms with Gasteiger partial charge in [-0.2, -0.15) is 8.78 Å². The molecule has 0 aromatic heterocycles. The largest absolute Gasteiger partial charge is 0.466 e. The zero-order chi connectivity index (χ0) is 23.4. The first-order valence-corrected chi connectivity index (χ1v) is 12.8. The van der Waals surface area contributed by atoms with Crippen LogP contribution in [0.5, 0.6) is 5.75 Å². The summed E-state index contributed by atoms with van der Waals surface area (Å²) < 4.78 is 38.9. The molecule has 1 unspecified atom stereocenters. The number of methoxy groups -OCH3 is 2. The Morgan fingerprint density at radius 3 is 2.48 bits per heavy atom. The Labute approximate surface area is 179 Å². The van der Waals surface area contributed by atoms with Gasteiger partial charge in [0.05, 0.1) is 20.8 Å². The van der Waals surface area contributed by atoms with Gasteiger partial charge in [0.25, 0.3) is 5.91 Å². The Balaban J connectivity index is 2.43. The third kappa shape index (κ3) is 5.94. The monoisotopic (exact) mass is 454 g/mol. The van der Waals surface area contributed by atoms with Gasteiger partial charge in [0.15, 0.2) is 0 Å². The Morgan fingerprint density at radius 1 is 1.26 bits per heavy atom. The van der Waals surface area contributed by atoms with Crippen LogP contribution in [0.4, 0.5) is 13.6 Å². The van der Waals surface area contributed by atoms with Gasteiger partial charge in [0.1, 0.15) is 13.8 Å². The maximum atomic E-state index is 12.9. The third-order valence-electron chi connectivity index (χ3n) is 4.30. The maximum Gasteiger partial charge on any atom is 0.408 e. The summed E-state index contributed by atoms with van der Waals surface area (Å²) in [7, 11) is 0.271. The van der Waals surface area contributed by atoms with Crippen molar-refractivity contribution in [1.29, 1.82) is 0 Å². The van der Waals surface area contributed by atoms with E-state index < -0.39 is 38.2 Å². The number of halogens is 2. The van der Waals surface area contributed by atoms with Gasteiger partial charge in [-0.1, -0.05) is 31.6 Å². The average molecular weight is 455 g/mol. The zero-order valence-electron chi connectivity index (χ0n) is 17.9. The molecule has 1 heterocycles. The van der Waals surface area contributed by atoms with Crippen molar-refractivity contribution in [2.75, 3.05) is 20.8 Å². The fraction of sp³-hybridized carbons (Fsp3) is 0.450. The number of amides is 2. The Morgan fingerprint density at radius 2 is 1.94 bits per heavy atom. The number of nitrogens with one attached hydrogen (secondary N) is 1. The first-order valence-electron chi connectivity index (χ1n) is 9.26. The number of fused-ring (bicyclic) bond motifs is 1. The predicted molar refractivity (Wildman–Crippen MR) is 109 cm³/mol. The van der Waals surface area contributed by atoms with E-state index in [1.54, 1.807) is 0 Å². The SMILES string of the molecule is COC(=O)NC(C#C[Si](C)(C)C)(CN1Cc2ccc(OC(F)F)cc2C1=O)C(=O)OC. The molecule has 1 aliphatic rings. The van der Waals surface area contributed by atoms with Crippen LogP contribution in [0.1, 0.15) is 15.9 Å². The summed E-state index contributed by atoms with van der Waals surface area (Å²) in [6.07, 6.45) is -0.924. The second-order valence-corrected chi connectivity index (χ2v) is 12.6. The van der Waals surface area contributed by atoms with Gasteiger partial charge >= 0.3 is 18.7 Å². The van der Waals surface area contributed by atoms with E-state index >= 15 is 0 Å². The van der Waals surface area contributed by atoms with Crippen molar-refractivity contribution in [3.8, 4) is 17.2 Å². The van der Waals surface area contributed by atoms with Crippen LogP contribution in [-0.4, -0.2) is 63.9 Å². The fourth-order valence-corrected chi connectivity index (χ4v) is 3.49. The van der Waals surface area contributed by atoms with E-state index in [9.17, 15) is 23.2 Å². The zero-order valence-corrected chi connectivity index (χ0v) is 18.9. The molecule has 0 radical (unpaired) electrons. The summed E-state index contributed by atoms with van der Waals surface area (Å²) in [5.41, 5.74) is 1.87. The molecule has 31 heavy (non-hydrogen) atoms. The van der Waals surface area contributed by atoms with Gasteiger partial charge in [-0.15, -0.1) is 5.54 Å². The highest BCUT2D eigenvalue weighted by Crippen LogP contribution is 2.29. The van der Waals surface area contributed by atoms with Crippen molar-refractivity contribution < 1.29 is 37.4 Å². The van der Waals surface area contributed by atoms with Crippen molar-refractivity contribution >= 4 is 26.0 Å². The van der Waals surface area contributed by atoms with E-state index in [1.807, 2.05) is 19.6 Å². The van der Waals surface area contributed by atoms with E-state index in [2.05, 4.69) is 26.3 Å². The number of esters is 1. The van der Waals surface area contributed by atoms with Crippen molar-refractivity contribution in [1.82, 2.24) is 10.2 Å². The van der Waals surface area contributed by atoms with E-state index in [0.29, 0.717) is 5.56 Å². The van der Waals surface area contributed by atoms with E-state index in [4.69, 9.17) is 4.74 Å². The number of carbonyl (C=O) groups excluding carboxylic acids is 3. The van der Waals surface area contributed by atoms with Crippen LogP contribution in [0.25, 0.3) is 0 Å². The molecule has 2 amide bonds. The standard InChI is InChI=1S/C20H24F2N2O6Si/c1-28-17(26)20(23-19(27)29-2,8-9-31(3,4)5)12-24-11-13-6-7-14(30-18(21)22)10-15(13)16(24)25/h6-7,10,18H,11-12H2,1-5H3,(H,23,27). The third-order valence-corrected chi connectivity index (χ3v) is 5.17. The van der Waals surface area contributed by atoms with Crippen LogP contribution in [0.3, 0.4) is 0 Å². The van der Waals surface area contributed by atoms with Crippen LogP contribution >= 0.6 is 0 Å². The molecular weight excluding hydrogens is 430 g/mol. The minimum atomic E-state index is -3.03. The number of ether oxygens (including phenoxy) is 3. The summed E-state index contributed by atoms with van der Waals surface area (Å²) in [6, 6.07) is 4.03. The van der Waals surface area contributed by atoms with Crippen LogP contribution in [0.15, 0.2) is 18.2 Å². The molecular formula is C20H24F2N2O6Si. The van der Waals surface area contributed by atoms with Gasteiger partial charge in [-0.3, -0.25) is 10.1 Å². The highest BCUT2D eigenvalue weighted by atomic mass is 28.3. The summed E-state index contributed by atoms with van der Waals surface area (Å²) in [5, 5.41) is 2.41. The molecule has 2 rings (SSSR count). The molecule has 0 saturated carbocycles. The second-order valence-electron chi connectivity index (χ2n) is 7.87. The normalized spacial score (nSPS) is 14.8. The first-order chi connectivity index (χ1) is 14.4. The van der Waals surface area contributed by atoms with Crippen molar-refractivity contribution in [2.45, 2.75) is 38.3 Å². The molecule has 1 N–H and O–H groups in total. The lowest BCUT2D eigenvalue weighted by molar-refractivity contribution is -0.146. The molecule has 0 fully saturated rings. The van der Waals surface area contributed by atoms with Gasteiger partial charge < -0.3 is 19.1 Å². The molecule has 1 aromatic rings. The van der Waals surface area contributed by atoms with Crippen molar-refractivity contribution in [3.05, 3.63) is 29.3 Å². The lowest BCUT2D eigenvalue weighted by Gasteiger charge is -2.31. The predicted octanol–water partition coefficient (Wildman–Crippen LogP) is 2.39. The lowest BCUT2D eigenvalue weighted by atomic mass is 10.00. The first kappa shape index (κ1) is 24.1. The van der Waals surface area contributed by atoms with Crippen LogP contribution in [-0.2, 0) is 20.8 Å². The molecule has 1 atom stereocenters. The highest BCUT2D eigenvalue weighted by molar-refractivity contribution is 6.83. The van der Waals surface area contributed by atoms with Crippen LogP contribution in [0, 0.1) is 11.5 Å². The summed E-state index contributed by atoms with van der Waals surface area (Å²) in [5.74, 6) is 1.26. The maximum absolute atomic E-state index is 12.9. The van der Waals surface area contributed by atoms with Crippen LogP contribution in [0.2, 0.25) is 19.6 Å². The number of hydrogen-bond donors (Lipinski definition) is 1. The smallest absolute Gasteiger partial charge is 0.408 e. The molecule has 1 aromatic carbocycles. The molecule has 0 bridgehead atoms. The van der Waals surface area contributed by atoms with Gasteiger partial charge in [-0.25, -0.2) is 9.59 Å².